The van der Waals surface area contributed by atoms with E-state index in [0.717, 1.165) is 26.1 Å². The van der Waals surface area contributed by atoms with Crippen LogP contribution in [0.15, 0.2) is 16.4 Å². The van der Waals surface area contributed by atoms with Gasteiger partial charge in [0.1, 0.15) is 5.60 Å². The van der Waals surface area contributed by atoms with Gasteiger partial charge in [-0.1, -0.05) is 6.92 Å². The van der Waals surface area contributed by atoms with E-state index in [-0.39, 0.29) is 29.6 Å². The molecule has 2 aliphatic heterocycles. The first-order valence-corrected chi connectivity index (χ1v) is 8.72. The lowest BCUT2D eigenvalue weighted by Gasteiger charge is -2.35. The Morgan fingerprint density at radius 2 is 2.41 bits per heavy atom. The van der Waals surface area contributed by atoms with Crippen molar-refractivity contribution in [2.75, 3.05) is 26.2 Å². The lowest BCUT2D eigenvalue weighted by atomic mass is 9.93. The Labute approximate surface area is 154 Å². The Balaban J connectivity index is 0.00000176. The van der Waals surface area contributed by atoms with Crippen molar-refractivity contribution in [3.63, 3.8) is 0 Å². The molecule has 2 N–H and O–H groups in total. The maximum atomic E-state index is 6.20. The van der Waals surface area contributed by atoms with Crippen LogP contribution in [0.1, 0.15) is 37.1 Å². The van der Waals surface area contributed by atoms with Crippen molar-refractivity contribution in [3.8, 4) is 0 Å². The summed E-state index contributed by atoms with van der Waals surface area (Å²) < 4.78 is 6.03. The number of piperidine rings is 1. The second kappa shape index (κ2) is 7.49. The number of hydrogen-bond donors (Lipinski definition) is 1. The van der Waals surface area contributed by atoms with E-state index in [1.54, 1.807) is 0 Å². The fraction of sp³-hybridized carbons (Fsp3) is 0.688. The maximum Gasteiger partial charge on any atom is 0.191 e. The van der Waals surface area contributed by atoms with Crippen LogP contribution in [0.3, 0.4) is 0 Å². The molecule has 124 valence electrons. The molecule has 0 aliphatic carbocycles. The molecule has 2 aliphatic rings. The second-order valence-electron chi connectivity index (χ2n) is 6.45. The van der Waals surface area contributed by atoms with Crippen LogP contribution in [0.5, 0.6) is 0 Å². The van der Waals surface area contributed by atoms with E-state index in [9.17, 15) is 0 Å². The molecule has 2 atom stereocenters. The van der Waals surface area contributed by atoms with Gasteiger partial charge in [-0.25, -0.2) is 4.99 Å². The number of halogens is 1. The minimum Gasteiger partial charge on any atom is -0.370 e. The summed E-state index contributed by atoms with van der Waals surface area (Å²) in [5, 5.41) is 2.15. The summed E-state index contributed by atoms with van der Waals surface area (Å²) in [6, 6.07) is 2.17. The van der Waals surface area contributed by atoms with E-state index in [2.05, 4.69) is 35.2 Å². The quantitative estimate of drug-likeness (QED) is 0.441. The van der Waals surface area contributed by atoms with E-state index in [4.69, 9.17) is 10.5 Å². The molecule has 6 heteroatoms. The highest BCUT2D eigenvalue weighted by molar-refractivity contribution is 14.0. The monoisotopic (exact) mass is 435 g/mol. The third kappa shape index (κ3) is 3.76. The topological polar surface area (TPSA) is 50.8 Å². The molecule has 0 bridgehead atoms. The first kappa shape index (κ1) is 18.0. The summed E-state index contributed by atoms with van der Waals surface area (Å²) in [6.07, 6.45) is 3.52. The highest BCUT2D eigenvalue weighted by atomic mass is 127. The van der Waals surface area contributed by atoms with Gasteiger partial charge >= 0.3 is 0 Å². The molecule has 2 unspecified atom stereocenters. The van der Waals surface area contributed by atoms with Gasteiger partial charge in [0.05, 0.1) is 13.2 Å². The smallest absolute Gasteiger partial charge is 0.191 e. The van der Waals surface area contributed by atoms with Crippen molar-refractivity contribution in [2.24, 2.45) is 16.6 Å². The van der Waals surface area contributed by atoms with Crippen molar-refractivity contribution in [2.45, 2.75) is 38.7 Å². The highest BCUT2D eigenvalue weighted by Crippen LogP contribution is 2.36. The zero-order valence-electron chi connectivity index (χ0n) is 13.4. The first-order chi connectivity index (χ1) is 10.1. The largest absolute Gasteiger partial charge is 0.370 e. The Bertz CT molecular complexity index is 533. The number of ether oxygens (including phenoxy) is 1. The molecular formula is C16H26IN3OS. The fourth-order valence-corrected chi connectivity index (χ4v) is 4.29. The maximum absolute atomic E-state index is 6.20. The molecule has 1 aromatic rings. The summed E-state index contributed by atoms with van der Waals surface area (Å²) in [5.41, 5.74) is 7.18. The number of aliphatic imine (C=N–C) groups is 1. The lowest BCUT2D eigenvalue weighted by Crippen LogP contribution is -2.44. The molecule has 1 aromatic heterocycles. The van der Waals surface area contributed by atoms with Crippen molar-refractivity contribution in [3.05, 3.63) is 21.9 Å². The first-order valence-electron chi connectivity index (χ1n) is 7.84. The minimum atomic E-state index is -0.320. The molecule has 0 radical (unpaired) electrons. The number of nitrogens with two attached hydrogens (primary N) is 1. The molecule has 3 rings (SSSR count). The SMILES string of the molecule is CC1CCCN(C(N)=NCC2(C)OCCc3sccc32)C1.I. The summed E-state index contributed by atoms with van der Waals surface area (Å²) in [6.45, 7) is 7.85. The molecule has 0 spiro atoms. The zero-order valence-corrected chi connectivity index (χ0v) is 16.5. The second-order valence-corrected chi connectivity index (χ2v) is 7.46. The molecule has 22 heavy (non-hydrogen) atoms. The number of fused-ring (bicyclic) bond motifs is 1. The minimum absolute atomic E-state index is 0. The standard InChI is InChI=1S/C16H25N3OS.HI/c1-12-4-3-7-19(10-12)15(17)18-11-16(2)13-6-9-21-14(13)5-8-20-16;/h6,9,12H,3-5,7-8,10-11H2,1-2H3,(H2,17,18);1H. The van der Waals surface area contributed by atoms with Crippen molar-refractivity contribution in [1.29, 1.82) is 0 Å². The molecule has 0 amide bonds. The van der Waals surface area contributed by atoms with Crippen molar-refractivity contribution < 1.29 is 4.74 Å². The van der Waals surface area contributed by atoms with Gasteiger partial charge in [0.25, 0.3) is 0 Å². The van der Waals surface area contributed by atoms with Gasteiger partial charge in [-0.2, -0.15) is 0 Å². The van der Waals surface area contributed by atoms with Crippen LogP contribution in [-0.4, -0.2) is 37.1 Å². The van der Waals surface area contributed by atoms with Crippen LogP contribution in [-0.2, 0) is 16.8 Å². The number of nitrogens with zero attached hydrogens (tertiary/aromatic N) is 2. The molecular weight excluding hydrogens is 409 g/mol. The van der Waals surface area contributed by atoms with Gasteiger partial charge in [-0.3, -0.25) is 0 Å². The lowest BCUT2D eigenvalue weighted by molar-refractivity contribution is -0.0376. The summed E-state index contributed by atoms with van der Waals surface area (Å²) in [7, 11) is 0. The molecule has 1 saturated heterocycles. The summed E-state index contributed by atoms with van der Waals surface area (Å²) >= 11 is 1.82. The van der Waals surface area contributed by atoms with Gasteiger partial charge in [0.15, 0.2) is 5.96 Å². The van der Waals surface area contributed by atoms with E-state index < -0.39 is 0 Å². The normalized spacial score (nSPS) is 28.9. The Hall–Kier alpha value is -0.340. The molecule has 0 aromatic carbocycles. The third-order valence-electron chi connectivity index (χ3n) is 4.59. The van der Waals surface area contributed by atoms with Crippen LogP contribution in [0.25, 0.3) is 0 Å². The molecule has 4 nitrogen and oxygen atoms in total. The third-order valence-corrected chi connectivity index (χ3v) is 5.57. The molecule has 0 saturated carbocycles. The predicted octanol–water partition coefficient (Wildman–Crippen LogP) is 3.20. The van der Waals surface area contributed by atoms with Gasteiger partial charge in [-0.05, 0) is 42.7 Å². The average molecular weight is 435 g/mol. The van der Waals surface area contributed by atoms with Crippen LogP contribution >= 0.6 is 35.3 Å². The summed E-state index contributed by atoms with van der Waals surface area (Å²) in [5.74, 6) is 1.38. The Kier molecular flexibility index (Phi) is 6.13. The number of rotatable bonds is 2. The highest BCUT2D eigenvalue weighted by Gasteiger charge is 2.34. The molecule has 1 fully saturated rings. The predicted molar refractivity (Wildman–Crippen MR) is 103 cm³/mol. The van der Waals surface area contributed by atoms with E-state index in [1.807, 2.05) is 11.3 Å². The van der Waals surface area contributed by atoms with Gasteiger partial charge in [-0.15, -0.1) is 35.3 Å². The van der Waals surface area contributed by atoms with E-state index >= 15 is 0 Å². The van der Waals surface area contributed by atoms with Gasteiger partial charge in [0, 0.05) is 24.4 Å². The van der Waals surface area contributed by atoms with Gasteiger partial charge < -0.3 is 15.4 Å². The number of thiophene rings is 1. The summed E-state index contributed by atoms with van der Waals surface area (Å²) in [4.78, 5) is 8.31. The number of likely N-dealkylation sites (tertiary alicyclic amines) is 1. The zero-order chi connectivity index (χ0) is 14.9. The Morgan fingerprint density at radius 1 is 1.59 bits per heavy atom. The average Bonchev–Trinajstić information content (AvgIpc) is 2.95. The number of guanidine groups is 1. The van der Waals surface area contributed by atoms with Crippen LogP contribution < -0.4 is 5.73 Å². The van der Waals surface area contributed by atoms with Crippen LogP contribution in [0, 0.1) is 5.92 Å². The van der Waals surface area contributed by atoms with Gasteiger partial charge in [0.2, 0.25) is 0 Å². The molecule has 3 heterocycles. The van der Waals surface area contributed by atoms with E-state index in [0.29, 0.717) is 18.4 Å². The number of hydrogen-bond acceptors (Lipinski definition) is 3. The van der Waals surface area contributed by atoms with Crippen molar-refractivity contribution >= 4 is 41.3 Å². The van der Waals surface area contributed by atoms with E-state index in [1.165, 1.54) is 23.3 Å². The van der Waals surface area contributed by atoms with Crippen molar-refractivity contribution in [1.82, 2.24) is 4.90 Å². The van der Waals surface area contributed by atoms with Crippen LogP contribution in [0.2, 0.25) is 0 Å². The fourth-order valence-electron chi connectivity index (χ4n) is 3.31. The van der Waals surface area contributed by atoms with Crippen LogP contribution in [0.4, 0.5) is 0 Å². The Morgan fingerprint density at radius 3 is 3.18 bits per heavy atom.